The summed E-state index contributed by atoms with van der Waals surface area (Å²) >= 11 is 0. The predicted molar refractivity (Wildman–Crippen MR) is 95.7 cm³/mol. The van der Waals surface area contributed by atoms with E-state index in [0.717, 1.165) is 10.8 Å². The van der Waals surface area contributed by atoms with Crippen LogP contribution >= 0.6 is 0 Å². The van der Waals surface area contributed by atoms with E-state index in [2.05, 4.69) is 5.32 Å². The number of rotatable bonds is 6. The number of fused-ring (bicyclic) bond motifs is 1. The van der Waals surface area contributed by atoms with Gasteiger partial charge in [-0.2, -0.15) is 0 Å². The van der Waals surface area contributed by atoms with Crippen molar-refractivity contribution in [1.82, 2.24) is 0 Å². The van der Waals surface area contributed by atoms with Crippen molar-refractivity contribution >= 4 is 22.4 Å². The number of benzene rings is 3. The molecule has 0 heterocycles. The van der Waals surface area contributed by atoms with Gasteiger partial charge >= 0.3 is 0 Å². The summed E-state index contributed by atoms with van der Waals surface area (Å²) < 4.78 is 11.1. The number of nitrogens with one attached hydrogen (secondary N) is 1. The second-order valence-corrected chi connectivity index (χ2v) is 5.27. The molecule has 0 radical (unpaired) electrons. The van der Waals surface area contributed by atoms with E-state index >= 15 is 0 Å². The van der Waals surface area contributed by atoms with Crippen LogP contribution in [-0.4, -0.2) is 19.1 Å². The number of amides is 1. The largest absolute Gasteiger partial charge is 0.492 e. The van der Waals surface area contributed by atoms with Crippen LogP contribution in [0.25, 0.3) is 10.8 Å². The molecule has 1 amide bonds. The lowest BCUT2D eigenvalue weighted by Crippen LogP contribution is -2.20. The van der Waals surface area contributed by atoms with E-state index < -0.39 is 0 Å². The Morgan fingerprint density at radius 1 is 0.917 bits per heavy atom. The summed E-state index contributed by atoms with van der Waals surface area (Å²) in [4.78, 5) is 12.1. The average Bonchev–Trinajstić information content (AvgIpc) is 2.62. The fourth-order valence-corrected chi connectivity index (χ4v) is 2.44. The molecule has 4 heteroatoms. The maximum absolute atomic E-state index is 12.1. The minimum absolute atomic E-state index is 0.0567. The Labute approximate surface area is 141 Å². The monoisotopic (exact) mass is 321 g/mol. The van der Waals surface area contributed by atoms with E-state index in [1.165, 1.54) is 0 Å². The van der Waals surface area contributed by atoms with E-state index in [-0.39, 0.29) is 12.5 Å². The molecule has 0 aliphatic rings. The summed E-state index contributed by atoms with van der Waals surface area (Å²) in [5.41, 5.74) is 0.645. The van der Waals surface area contributed by atoms with E-state index in [4.69, 9.17) is 9.47 Å². The Kier molecular flexibility index (Phi) is 4.96. The van der Waals surface area contributed by atoms with Crippen LogP contribution < -0.4 is 14.8 Å². The standard InChI is InChI=1S/C20H19NO3/c1-2-23-19-10-6-5-9-18(19)21-20(22)14-24-17-12-11-15-7-3-4-8-16(15)13-17/h3-13H,2,14H2,1H3,(H,21,22). The van der Waals surface area contributed by atoms with Crippen molar-refractivity contribution in [3.8, 4) is 11.5 Å². The van der Waals surface area contributed by atoms with Gasteiger partial charge in [0.15, 0.2) is 6.61 Å². The molecule has 0 bridgehead atoms. The average molecular weight is 321 g/mol. The molecule has 122 valence electrons. The van der Waals surface area contributed by atoms with Crippen LogP contribution in [0.5, 0.6) is 11.5 Å². The summed E-state index contributed by atoms with van der Waals surface area (Å²) in [5, 5.41) is 5.03. The third-order valence-corrected chi connectivity index (χ3v) is 3.55. The van der Waals surface area contributed by atoms with Crippen molar-refractivity contribution in [2.45, 2.75) is 6.92 Å². The zero-order valence-corrected chi connectivity index (χ0v) is 13.5. The van der Waals surface area contributed by atoms with Crippen molar-refractivity contribution in [3.63, 3.8) is 0 Å². The Morgan fingerprint density at radius 3 is 2.50 bits per heavy atom. The highest BCUT2D eigenvalue weighted by Gasteiger charge is 2.08. The van der Waals surface area contributed by atoms with E-state index in [1.807, 2.05) is 67.6 Å². The third-order valence-electron chi connectivity index (χ3n) is 3.55. The molecule has 3 rings (SSSR count). The van der Waals surface area contributed by atoms with Crippen LogP contribution in [0.4, 0.5) is 5.69 Å². The number of ether oxygens (including phenoxy) is 2. The Bertz CT molecular complexity index is 845. The molecule has 0 aromatic heterocycles. The summed E-state index contributed by atoms with van der Waals surface area (Å²) in [7, 11) is 0. The summed E-state index contributed by atoms with van der Waals surface area (Å²) in [6, 6.07) is 21.1. The quantitative estimate of drug-likeness (QED) is 0.738. The zero-order chi connectivity index (χ0) is 16.8. The number of hydrogen-bond donors (Lipinski definition) is 1. The number of carbonyl (C=O) groups is 1. The van der Waals surface area contributed by atoms with Crippen LogP contribution in [0, 0.1) is 0 Å². The predicted octanol–water partition coefficient (Wildman–Crippen LogP) is 4.26. The fourth-order valence-electron chi connectivity index (χ4n) is 2.44. The maximum atomic E-state index is 12.1. The van der Waals surface area contributed by atoms with Gasteiger partial charge in [0, 0.05) is 0 Å². The van der Waals surface area contributed by atoms with Crippen molar-refractivity contribution in [2.24, 2.45) is 0 Å². The number of anilines is 1. The summed E-state index contributed by atoms with van der Waals surface area (Å²) in [6.45, 7) is 2.39. The van der Waals surface area contributed by atoms with Gasteiger partial charge in [0.2, 0.25) is 0 Å². The summed E-state index contributed by atoms with van der Waals surface area (Å²) in [5.74, 6) is 1.09. The molecule has 1 N–H and O–H groups in total. The molecule has 0 fully saturated rings. The highest BCUT2D eigenvalue weighted by atomic mass is 16.5. The van der Waals surface area contributed by atoms with E-state index in [0.29, 0.717) is 23.8 Å². The molecule has 0 aliphatic heterocycles. The first-order valence-electron chi connectivity index (χ1n) is 7.89. The van der Waals surface area contributed by atoms with Gasteiger partial charge in [-0.1, -0.05) is 42.5 Å². The van der Waals surface area contributed by atoms with Gasteiger partial charge in [0.1, 0.15) is 11.5 Å². The third kappa shape index (κ3) is 3.84. The smallest absolute Gasteiger partial charge is 0.262 e. The van der Waals surface area contributed by atoms with Crippen molar-refractivity contribution in [3.05, 3.63) is 66.7 Å². The van der Waals surface area contributed by atoms with E-state index in [1.54, 1.807) is 6.07 Å². The molecule has 0 saturated heterocycles. The van der Waals surface area contributed by atoms with Crippen LogP contribution in [-0.2, 0) is 4.79 Å². The summed E-state index contributed by atoms with van der Waals surface area (Å²) in [6.07, 6.45) is 0. The highest BCUT2D eigenvalue weighted by molar-refractivity contribution is 5.93. The van der Waals surface area contributed by atoms with Gasteiger partial charge in [-0.05, 0) is 42.0 Å². The fraction of sp³-hybridized carbons (Fsp3) is 0.150. The molecule has 24 heavy (non-hydrogen) atoms. The minimum atomic E-state index is -0.227. The molecule has 0 aliphatic carbocycles. The molecule has 4 nitrogen and oxygen atoms in total. The van der Waals surface area contributed by atoms with E-state index in [9.17, 15) is 4.79 Å². The maximum Gasteiger partial charge on any atom is 0.262 e. The van der Waals surface area contributed by atoms with Gasteiger partial charge in [-0.3, -0.25) is 4.79 Å². The first kappa shape index (κ1) is 15.9. The van der Waals surface area contributed by atoms with Gasteiger partial charge < -0.3 is 14.8 Å². The molecule has 0 spiro atoms. The lowest BCUT2D eigenvalue weighted by atomic mass is 10.1. The molecule has 0 unspecified atom stereocenters. The number of para-hydroxylation sites is 2. The molecular weight excluding hydrogens is 302 g/mol. The lowest BCUT2D eigenvalue weighted by Gasteiger charge is -2.12. The SMILES string of the molecule is CCOc1ccccc1NC(=O)COc1ccc2ccccc2c1. The second-order valence-electron chi connectivity index (χ2n) is 5.27. The van der Waals surface area contributed by atoms with Gasteiger partial charge in [-0.15, -0.1) is 0 Å². The minimum Gasteiger partial charge on any atom is -0.492 e. The zero-order valence-electron chi connectivity index (χ0n) is 13.5. The first-order valence-corrected chi connectivity index (χ1v) is 7.89. The van der Waals surface area contributed by atoms with Gasteiger partial charge in [0.05, 0.1) is 12.3 Å². The molecule has 0 atom stereocenters. The van der Waals surface area contributed by atoms with Crippen LogP contribution in [0.3, 0.4) is 0 Å². The van der Waals surface area contributed by atoms with Crippen LogP contribution in [0.15, 0.2) is 66.7 Å². The van der Waals surface area contributed by atoms with Crippen molar-refractivity contribution in [2.75, 3.05) is 18.5 Å². The number of carbonyl (C=O) groups excluding carboxylic acids is 1. The Balaban J connectivity index is 1.62. The molecule has 0 saturated carbocycles. The van der Waals surface area contributed by atoms with Crippen molar-refractivity contribution < 1.29 is 14.3 Å². The number of hydrogen-bond acceptors (Lipinski definition) is 3. The van der Waals surface area contributed by atoms with Crippen molar-refractivity contribution in [1.29, 1.82) is 0 Å². The van der Waals surface area contributed by atoms with Crippen LogP contribution in [0.2, 0.25) is 0 Å². The molecule has 3 aromatic carbocycles. The van der Waals surface area contributed by atoms with Gasteiger partial charge in [-0.25, -0.2) is 0 Å². The second kappa shape index (κ2) is 7.51. The van der Waals surface area contributed by atoms with Crippen LogP contribution in [0.1, 0.15) is 6.92 Å². The topological polar surface area (TPSA) is 47.6 Å². The lowest BCUT2D eigenvalue weighted by molar-refractivity contribution is -0.118. The molecule has 3 aromatic rings. The molecular formula is C20H19NO3. The Morgan fingerprint density at radius 2 is 1.67 bits per heavy atom. The Hall–Kier alpha value is -3.01. The van der Waals surface area contributed by atoms with Gasteiger partial charge in [0.25, 0.3) is 5.91 Å². The highest BCUT2D eigenvalue weighted by Crippen LogP contribution is 2.24. The normalized spacial score (nSPS) is 10.4. The first-order chi connectivity index (χ1) is 11.8.